The second-order valence-electron chi connectivity index (χ2n) is 6.74. The molecule has 10 heteroatoms. The molecule has 1 aromatic carbocycles. The molecule has 0 aliphatic heterocycles. The van der Waals surface area contributed by atoms with E-state index in [1.165, 1.54) is 11.3 Å². The van der Waals surface area contributed by atoms with Crippen molar-refractivity contribution in [1.29, 1.82) is 0 Å². The molecular formula is C22H21Cl2N3O3S2. The Labute approximate surface area is 204 Å². The molecule has 3 aromatic rings. The van der Waals surface area contributed by atoms with Crippen molar-refractivity contribution in [3.63, 3.8) is 0 Å². The lowest BCUT2D eigenvalue weighted by Crippen LogP contribution is -2.29. The largest absolute Gasteiger partial charge is 0.506 e. The molecule has 168 valence electrons. The van der Waals surface area contributed by atoms with E-state index >= 15 is 0 Å². The fourth-order valence-corrected chi connectivity index (χ4v) is 5.11. The van der Waals surface area contributed by atoms with Gasteiger partial charge in [-0.1, -0.05) is 29.3 Å². The van der Waals surface area contributed by atoms with Crippen LogP contribution in [0.25, 0.3) is 10.4 Å². The van der Waals surface area contributed by atoms with Crippen molar-refractivity contribution < 1.29 is 14.7 Å². The Morgan fingerprint density at radius 1 is 1.09 bits per heavy atom. The van der Waals surface area contributed by atoms with Crippen LogP contribution in [-0.2, 0) is 0 Å². The zero-order valence-electron chi connectivity index (χ0n) is 17.6. The predicted octanol–water partition coefficient (Wildman–Crippen LogP) is 6.13. The average Bonchev–Trinajstić information content (AvgIpc) is 3.42. The summed E-state index contributed by atoms with van der Waals surface area (Å²) in [5.41, 5.74) is 4.16. The zero-order chi connectivity index (χ0) is 23.4. The molecule has 2 heterocycles. The standard InChI is InChI=1S/C22H21Cl2N3O3S2/c1-4-27(5-2)22(30)18-9-8-17(32-18)21(29)26-25-12(3)14-11-31-20(19(14)28)13-6-7-15(23)16(24)10-13/h6-11,28H,4-5H2,1-3H3,(H,26,29)/b25-12-. The first-order valence-corrected chi connectivity index (χ1v) is 12.2. The molecule has 0 bridgehead atoms. The van der Waals surface area contributed by atoms with Gasteiger partial charge in [0.05, 0.1) is 36.0 Å². The van der Waals surface area contributed by atoms with Crippen LogP contribution in [0.3, 0.4) is 0 Å². The Hall–Kier alpha value is -2.39. The van der Waals surface area contributed by atoms with Gasteiger partial charge in [0, 0.05) is 18.5 Å². The van der Waals surface area contributed by atoms with Gasteiger partial charge in [-0.15, -0.1) is 22.7 Å². The van der Waals surface area contributed by atoms with Gasteiger partial charge in [0.2, 0.25) is 0 Å². The predicted molar refractivity (Wildman–Crippen MR) is 133 cm³/mol. The topological polar surface area (TPSA) is 82.0 Å². The van der Waals surface area contributed by atoms with E-state index in [0.717, 1.165) is 16.9 Å². The van der Waals surface area contributed by atoms with Crippen molar-refractivity contribution in [2.75, 3.05) is 13.1 Å². The number of nitrogens with one attached hydrogen (secondary N) is 1. The van der Waals surface area contributed by atoms with Crippen molar-refractivity contribution in [3.05, 3.63) is 61.1 Å². The van der Waals surface area contributed by atoms with Crippen molar-refractivity contribution >= 4 is 63.4 Å². The van der Waals surface area contributed by atoms with Gasteiger partial charge in [0.1, 0.15) is 5.75 Å². The summed E-state index contributed by atoms with van der Waals surface area (Å²) in [4.78, 5) is 28.1. The van der Waals surface area contributed by atoms with E-state index in [1.54, 1.807) is 47.5 Å². The fraction of sp³-hybridized carbons (Fsp3) is 0.227. The second-order valence-corrected chi connectivity index (χ2v) is 9.51. The van der Waals surface area contributed by atoms with E-state index in [4.69, 9.17) is 23.2 Å². The second kappa shape index (κ2) is 10.5. The Bertz CT molecular complexity index is 1180. The smallest absolute Gasteiger partial charge is 0.281 e. The number of thiophene rings is 2. The van der Waals surface area contributed by atoms with Crippen molar-refractivity contribution in [2.24, 2.45) is 5.10 Å². The molecule has 32 heavy (non-hydrogen) atoms. The van der Waals surface area contributed by atoms with Gasteiger partial charge in [0.25, 0.3) is 11.8 Å². The van der Waals surface area contributed by atoms with E-state index in [9.17, 15) is 14.7 Å². The molecule has 3 rings (SSSR count). The molecule has 2 amide bonds. The molecule has 0 saturated carbocycles. The third kappa shape index (κ3) is 5.15. The number of hydrazone groups is 1. The quantitative estimate of drug-likeness (QED) is 0.297. The fourth-order valence-electron chi connectivity index (χ4n) is 2.94. The highest BCUT2D eigenvalue weighted by atomic mass is 35.5. The van der Waals surface area contributed by atoms with Gasteiger partial charge in [-0.3, -0.25) is 9.59 Å². The number of rotatable bonds is 7. The highest BCUT2D eigenvalue weighted by Gasteiger charge is 2.18. The summed E-state index contributed by atoms with van der Waals surface area (Å²) in [5.74, 6) is -0.476. The molecule has 0 saturated heterocycles. The number of halogens is 2. The number of hydrogen-bond donors (Lipinski definition) is 2. The molecular weight excluding hydrogens is 489 g/mol. The van der Waals surface area contributed by atoms with Gasteiger partial charge in [-0.2, -0.15) is 5.10 Å². The lowest BCUT2D eigenvalue weighted by atomic mass is 10.1. The molecule has 0 unspecified atom stereocenters. The maximum atomic E-state index is 12.5. The van der Waals surface area contributed by atoms with Crippen LogP contribution in [0, 0.1) is 0 Å². The first-order valence-electron chi connectivity index (χ1n) is 9.76. The number of benzene rings is 1. The number of carbonyl (C=O) groups excluding carboxylic acids is 2. The van der Waals surface area contributed by atoms with Gasteiger partial charge >= 0.3 is 0 Å². The van der Waals surface area contributed by atoms with E-state index in [2.05, 4.69) is 10.5 Å². The van der Waals surface area contributed by atoms with Crippen LogP contribution in [0.15, 0.2) is 40.8 Å². The van der Waals surface area contributed by atoms with Crippen molar-refractivity contribution in [2.45, 2.75) is 20.8 Å². The lowest BCUT2D eigenvalue weighted by Gasteiger charge is -2.17. The van der Waals surface area contributed by atoms with Crippen LogP contribution in [-0.4, -0.2) is 40.6 Å². The van der Waals surface area contributed by atoms with Gasteiger partial charge in [0.15, 0.2) is 0 Å². The maximum absolute atomic E-state index is 12.5. The van der Waals surface area contributed by atoms with E-state index in [0.29, 0.717) is 49.0 Å². The first kappa shape index (κ1) is 24.3. The highest BCUT2D eigenvalue weighted by molar-refractivity contribution is 7.16. The Morgan fingerprint density at radius 2 is 1.78 bits per heavy atom. The first-order chi connectivity index (χ1) is 15.3. The molecule has 2 aromatic heterocycles. The summed E-state index contributed by atoms with van der Waals surface area (Å²) < 4.78 is 0. The minimum absolute atomic E-state index is 0.0483. The number of hydrogen-bond acceptors (Lipinski definition) is 6. The van der Waals surface area contributed by atoms with Gasteiger partial charge in [-0.05, 0) is 50.6 Å². The van der Waals surface area contributed by atoms with Crippen LogP contribution >= 0.6 is 45.9 Å². The van der Waals surface area contributed by atoms with E-state index < -0.39 is 5.91 Å². The molecule has 6 nitrogen and oxygen atoms in total. The summed E-state index contributed by atoms with van der Waals surface area (Å²) in [6, 6.07) is 8.36. The Kier molecular flexibility index (Phi) is 7.95. The monoisotopic (exact) mass is 509 g/mol. The Morgan fingerprint density at radius 3 is 2.44 bits per heavy atom. The summed E-state index contributed by atoms with van der Waals surface area (Å²) in [6.07, 6.45) is 0. The molecule has 0 radical (unpaired) electrons. The van der Waals surface area contributed by atoms with Crippen LogP contribution in [0.4, 0.5) is 0 Å². The van der Waals surface area contributed by atoms with Crippen LogP contribution < -0.4 is 5.43 Å². The van der Waals surface area contributed by atoms with Crippen molar-refractivity contribution in [3.8, 4) is 16.2 Å². The Balaban J connectivity index is 1.74. The molecule has 0 atom stereocenters. The summed E-state index contributed by atoms with van der Waals surface area (Å²) in [6.45, 7) is 6.71. The summed E-state index contributed by atoms with van der Waals surface area (Å²) in [7, 11) is 0. The zero-order valence-corrected chi connectivity index (χ0v) is 20.8. The molecule has 2 N–H and O–H groups in total. The normalized spacial score (nSPS) is 11.5. The minimum atomic E-state index is -0.424. The molecule has 0 aliphatic carbocycles. The summed E-state index contributed by atoms with van der Waals surface area (Å²) in [5, 5.41) is 17.4. The van der Waals surface area contributed by atoms with Gasteiger partial charge < -0.3 is 10.0 Å². The maximum Gasteiger partial charge on any atom is 0.281 e. The van der Waals surface area contributed by atoms with Crippen LogP contribution in [0.1, 0.15) is 45.7 Å². The third-order valence-corrected chi connectivity index (χ3v) is 7.58. The number of nitrogens with zero attached hydrogens (tertiary/aromatic N) is 2. The highest BCUT2D eigenvalue weighted by Crippen LogP contribution is 2.40. The summed E-state index contributed by atoms with van der Waals surface area (Å²) >= 11 is 14.5. The lowest BCUT2D eigenvalue weighted by molar-refractivity contribution is 0.0777. The molecule has 0 aliphatic rings. The van der Waals surface area contributed by atoms with E-state index in [1.807, 2.05) is 13.8 Å². The number of carbonyl (C=O) groups is 2. The molecule has 0 spiro atoms. The number of amides is 2. The van der Waals surface area contributed by atoms with Crippen molar-refractivity contribution in [1.82, 2.24) is 10.3 Å². The minimum Gasteiger partial charge on any atom is -0.506 e. The van der Waals surface area contributed by atoms with Crippen LogP contribution in [0.2, 0.25) is 10.0 Å². The third-order valence-electron chi connectivity index (χ3n) is 4.75. The number of aromatic hydroxyl groups is 1. The SMILES string of the molecule is CCN(CC)C(=O)c1ccc(C(=O)N/N=C(/C)c2csc(-c3ccc(Cl)c(Cl)c3)c2O)s1. The van der Waals surface area contributed by atoms with Gasteiger partial charge in [-0.25, -0.2) is 5.43 Å². The average molecular weight is 510 g/mol. The van der Waals surface area contributed by atoms with Crippen LogP contribution in [0.5, 0.6) is 5.75 Å². The van der Waals surface area contributed by atoms with E-state index in [-0.39, 0.29) is 11.7 Å². The molecule has 0 fully saturated rings.